The highest BCUT2D eigenvalue weighted by Gasteiger charge is 2.15. The monoisotopic (exact) mass is 292 g/mol. The molecule has 1 aliphatic heterocycles. The highest BCUT2D eigenvalue weighted by Crippen LogP contribution is 2.41. The first kappa shape index (κ1) is 14.7. The number of thioether (sulfide) groups is 2. The van der Waals surface area contributed by atoms with Crippen molar-refractivity contribution in [3.05, 3.63) is 40.1 Å². The van der Waals surface area contributed by atoms with E-state index in [9.17, 15) is 4.79 Å². The van der Waals surface area contributed by atoms with Gasteiger partial charge in [-0.2, -0.15) is 0 Å². The number of Topliss-reactive ketones (excluding diaryl/α,β-unsaturated/α-hetero) is 1. The molecular weight excluding hydrogens is 272 g/mol. The molecule has 0 bridgehead atoms. The van der Waals surface area contributed by atoms with Gasteiger partial charge in [-0.25, -0.2) is 0 Å². The Balaban J connectivity index is 2.20. The molecule has 1 fully saturated rings. The maximum absolute atomic E-state index is 11.6. The minimum absolute atomic E-state index is 0.361. The van der Waals surface area contributed by atoms with E-state index in [0.717, 1.165) is 6.42 Å². The van der Waals surface area contributed by atoms with Crippen molar-refractivity contribution in [2.24, 2.45) is 0 Å². The zero-order valence-corrected chi connectivity index (χ0v) is 13.0. The Bertz CT molecular complexity index is 443. The highest BCUT2D eigenvalue weighted by molar-refractivity contribution is 8.23. The second kappa shape index (κ2) is 7.81. The highest BCUT2D eigenvalue weighted by atomic mass is 32.2. The first-order chi connectivity index (χ1) is 9.31. The van der Waals surface area contributed by atoms with Crippen LogP contribution in [0.25, 0.3) is 5.57 Å². The quantitative estimate of drug-likeness (QED) is 0.761. The molecule has 1 aromatic rings. The maximum atomic E-state index is 11.6. The van der Waals surface area contributed by atoms with Crippen LogP contribution in [0.4, 0.5) is 0 Å². The number of allylic oxidation sites excluding steroid dienone is 1. The Morgan fingerprint density at radius 2 is 1.79 bits per heavy atom. The molecular formula is C16H20OS2. The molecule has 1 heterocycles. The largest absolute Gasteiger partial charge is 0.300 e. The Hall–Kier alpha value is -0.670. The summed E-state index contributed by atoms with van der Waals surface area (Å²) in [5.41, 5.74) is 2.65. The van der Waals surface area contributed by atoms with Gasteiger partial charge in [0.25, 0.3) is 0 Å². The summed E-state index contributed by atoms with van der Waals surface area (Å²) in [5, 5.41) is 0. The number of carbonyl (C=O) groups is 1. The van der Waals surface area contributed by atoms with E-state index in [0.29, 0.717) is 18.6 Å². The summed E-state index contributed by atoms with van der Waals surface area (Å²) >= 11 is 3.91. The number of ketones is 1. The normalized spacial score (nSPS) is 15.3. The molecule has 1 saturated heterocycles. The third kappa shape index (κ3) is 4.43. The summed E-state index contributed by atoms with van der Waals surface area (Å²) in [5.74, 6) is 2.78. The SMILES string of the molecule is CCC(=O)CCC(=C1SCCCS1)c1ccccc1. The third-order valence-electron chi connectivity index (χ3n) is 3.17. The fourth-order valence-electron chi connectivity index (χ4n) is 2.05. The Kier molecular flexibility index (Phi) is 6.05. The molecule has 0 N–H and O–H groups in total. The molecule has 0 aromatic heterocycles. The lowest BCUT2D eigenvalue weighted by Crippen LogP contribution is -2.00. The second-order valence-electron chi connectivity index (χ2n) is 4.57. The average molecular weight is 292 g/mol. The van der Waals surface area contributed by atoms with Crippen molar-refractivity contribution < 1.29 is 4.79 Å². The summed E-state index contributed by atoms with van der Waals surface area (Å²) < 4.78 is 1.43. The van der Waals surface area contributed by atoms with Crippen molar-refractivity contribution in [1.82, 2.24) is 0 Å². The first-order valence-corrected chi connectivity index (χ1v) is 8.84. The summed E-state index contributed by atoms with van der Waals surface area (Å²) in [6.07, 6.45) is 3.49. The van der Waals surface area contributed by atoms with Gasteiger partial charge in [0.1, 0.15) is 5.78 Å². The van der Waals surface area contributed by atoms with Crippen molar-refractivity contribution in [1.29, 1.82) is 0 Å². The minimum Gasteiger partial charge on any atom is -0.300 e. The molecule has 1 aliphatic rings. The van der Waals surface area contributed by atoms with Gasteiger partial charge in [-0.3, -0.25) is 4.79 Å². The van der Waals surface area contributed by atoms with Gasteiger partial charge in [-0.1, -0.05) is 37.3 Å². The van der Waals surface area contributed by atoms with E-state index < -0.39 is 0 Å². The molecule has 0 aliphatic carbocycles. The summed E-state index contributed by atoms with van der Waals surface area (Å²) in [6, 6.07) is 10.5. The number of carbonyl (C=O) groups excluding carboxylic acids is 1. The zero-order chi connectivity index (χ0) is 13.5. The number of rotatable bonds is 5. The van der Waals surface area contributed by atoms with Gasteiger partial charge in [-0.15, -0.1) is 23.5 Å². The van der Waals surface area contributed by atoms with Crippen LogP contribution in [-0.2, 0) is 4.79 Å². The van der Waals surface area contributed by atoms with Crippen LogP contribution in [0.5, 0.6) is 0 Å². The standard InChI is InChI=1S/C16H20OS2/c1-2-14(17)9-10-15(13-7-4-3-5-8-13)16-18-11-6-12-19-16/h3-5,7-8H,2,6,9-12H2,1H3. The van der Waals surface area contributed by atoms with Gasteiger partial charge < -0.3 is 0 Å². The van der Waals surface area contributed by atoms with Crippen LogP contribution in [0.3, 0.4) is 0 Å². The molecule has 0 radical (unpaired) electrons. The molecule has 0 spiro atoms. The van der Waals surface area contributed by atoms with Gasteiger partial charge in [0.15, 0.2) is 0 Å². The van der Waals surface area contributed by atoms with Crippen LogP contribution < -0.4 is 0 Å². The molecule has 3 heteroatoms. The fraction of sp³-hybridized carbons (Fsp3) is 0.438. The molecule has 1 aromatic carbocycles. The van der Waals surface area contributed by atoms with E-state index in [1.54, 1.807) is 0 Å². The number of hydrogen-bond donors (Lipinski definition) is 0. The van der Waals surface area contributed by atoms with Crippen molar-refractivity contribution in [2.75, 3.05) is 11.5 Å². The molecule has 0 unspecified atom stereocenters. The van der Waals surface area contributed by atoms with Gasteiger partial charge in [0.2, 0.25) is 0 Å². The van der Waals surface area contributed by atoms with Crippen molar-refractivity contribution in [3.63, 3.8) is 0 Å². The third-order valence-corrected chi connectivity index (χ3v) is 5.88. The molecule has 2 rings (SSSR count). The average Bonchev–Trinajstić information content (AvgIpc) is 2.49. The van der Waals surface area contributed by atoms with Crippen LogP contribution >= 0.6 is 23.5 Å². The molecule has 0 amide bonds. The molecule has 0 atom stereocenters. The molecule has 1 nitrogen and oxygen atoms in total. The van der Waals surface area contributed by atoms with Crippen LogP contribution in [0.1, 0.15) is 38.2 Å². The van der Waals surface area contributed by atoms with Crippen LogP contribution in [0.2, 0.25) is 0 Å². The van der Waals surface area contributed by atoms with Crippen molar-refractivity contribution >= 4 is 34.9 Å². The zero-order valence-electron chi connectivity index (χ0n) is 11.4. The van der Waals surface area contributed by atoms with E-state index in [4.69, 9.17) is 0 Å². The molecule has 19 heavy (non-hydrogen) atoms. The van der Waals surface area contributed by atoms with Crippen LogP contribution in [0, 0.1) is 0 Å². The lowest BCUT2D eigenvalue weighted by Gasteiger charge is -2.18. The van der Waals surface area contributed by atoms with Crippen LogP contribution in [0.15, 0.2) is 34.6 Å². The topological polar surface area (TPSA) is 17.1 Å². The predicted molar refractivity (Wildman–Crippen MR) is 87.4 cm³/mol. The second-order valence-corrected chi connectivity index (χ2v) is 7.04. The van der Waals surface area contributed by atoms with Crippen LogP contribution in [-0.4, -0.2) is 17.3 Å². The minimum atomic E-state index is 0.361. The van der Waals surface area contributed by atoms with Gasteiger partial charge >= 0.3 is 0 Å². The molecule has 0 saturated carbocycles. The first-order valence-electron chi connectivity index (χ1n) is 6.87. The Morgan fingerprint density at radius 3 is 2.42 bits per heavy atom. The summed E-state index contributed by atoms with van der Waals surface area (Å²) in [7, 11) is 0. The van der Waals surface area contributed by atoms with E-state index in [1.807, 2.05) is 36.5 Å². The number of benzene rings is 1. The maximum Gasteiger partial charge on any atom is 0.132 e. The van der Waals surface area contributed by atoms with E-state index in [2.05, 4.69) is 24.3 Å². The van der Waals surface area contributed by atoms with Crippen molar-refractivity contribution in [3.8, 4) is 0 Å². The lowest BCUT2D eigenvalue weighted by molar-refractivity contribution is -0.118. The predicted octanol–water partition coefficient (Wildman–Crippen LogP) is 4.98. The molecule has 102 valence electrons. The van der Waals surface area contributed by atoms with Gasteiger partial charge in [0.05, 0.1) is 0 Å². The lowest BCUT2D eigenvalue weighted by atomic mass is 10.0. The fourth-order valence-corrected chi connectivity index (χ4v) is 4.80. The number of hydrogen-bond acceptors (Lipinski definition) is 3. The van der Waals surface area contributed by atoms with E-state index in [-0.39, 0.29) is 0 Å². The van der Waals surface area contributed by atoms with Gasteiger partial charge in [0, 0.05) is 17.1 Å². The summed E-state index contributed by atoms with van der Waals surface area (Å²) in [4.78, 5) is 11.6. The van der Waals surface area contributed by atoms with Crippen molar-refractivity contribution in [2.45, 2.75) is 32.6 Å². The van der Waals surface area contributed by atoms with E-state index in [1.165, 1.54) is 33.3 Å². The van der Waals surface area contributed by atoms with E-state index >= 15 is 0 Å². The summed E-state index contributed by atoms with van der Waals surface area (Å²) in [6.45, 7) is 1.95. The smallest absolute Gasteiger partial charge is 0.132 e. The Morgan fingerprint density at radius 1 is 1.11 bits per heavy atom. The Labute approximate surface area is 124 Å². The van der Waals surface area contributed by atoms with Gasteiger partial charge in [-0.05, 0) is 35.5 Å².